The maximum absolute atomic E-state index is 5.37. The first-order chi connectivity index (χ1) is 28.8. The Hall–Kier alpha value is -6.03. The van der Waals surface area contributed by atoms with Crippen molar-refractivity contribution in [1.29, 1.82) is 0 Å². The smallest absolute Gasteiger partial charge is 0.0541 e. The van der Waals surface area contributed by atoms with E-state index in [-0.39, 0.29) is 5.41 Å². The first-order valence-corrected chi connectivity index (χ1v) is 21.5. The first-order valence-electron chi connectivity index (χ1n) is 21.0. The van der Waals surface area contributed by atoms with Gasteiger partial charge < -0.3 is 9.88 Å². The minimum absolute atomic E-state index is 0.0386. The molecule has 3 aliphatic rings. The third kappa shape index (κ3) is 7.68. The zero-order valence-electron chi connectivity index (χ0n) is 34.5. The number of nitrogens with zero attached hydrogens (tertiary/aromatic N) is 1. The third-order valence-corrected chi connectivity index (χ3v) is 12.6. The molecule has 0 radical (unpaired) electrons. The SMILES string of the molecule is C/C=C\Cc1cccc(-c2cccc3c2c2c(n3/C(C)=C/C(=C(/S)CC3=CCC(C)(C)c4ccccc4CC=C3)c3ccccc3)[C@@H]3C=C3C=C2)c1Nc1ccccc1. The summed E-state index contributed by atoms with van der Waals surface area (Å²) in [5.41, 5.74) is 18.9. The van der Waals surface area contributed by atoms with Crippen molar-refractivity contribution in [3.05, 3.63) is 219 Å². The van der Waals surface area contributed by atoms with Gasteiger partial charge in [-0.15, -0.1) is 12.6 Å². The lowest BCUT2D eigenvalue weighted by atomic mass is 9.78. The van der Waals surface area contributed by atoms with Crippen LogP contribution in [0.3, 0.4) is 0 Å². The Labute approximate surface area is 355 Å². The fourth-order valence-electron chi connectivity index (χ4n) is 9.14. The summed E-state index contributed by atoms with van der Waals surface area (Å²) in [6.45, 7) is 9.10. The van der Waals surface area contributed by atoms with E-state index in [1.165, 1.54) is 72.4 Å². The molecule has 5 aromatic carbocycles. The number of hydrogen-bond acceptors (Lipinski definition) is 2. The molecular weight excluding hydrogens is 733 g/mol. The molecule has 3 aliphatic carbocycles. The molecular formula is C56H52N2S. The summed E-state index contributed by atoms with van der Waals surface area (Å²) in [6.07, 6.45) is 24.4. The molecule has 0 amide bonds. The van der Waals surface area contributed by atoms with E-state index in [0.29, 0.717) is 5.92 Å². The lowest BCUT2D eigenvalue weighted by molar-refractivity contribution is 0.529. The molecule has 0 aliphatic heterocycles. The van der Waals surface area contributed by atoms with Crippen LogP contribution in [0.1, 0.15) is 80.0 Å². The number of allylic oxidation sites excluding steroid dienone is 13. The van der Waals surface area contributed by atoms with Crippen molar-refractivity contribution in [2.45, 2.75) is 64.7 Å². The van der Waals surface area contributed by atoms with Crippen LogP contribution in [-0.2, 0) is 18.3 Å². The Kier molecular flexibility index (Phi) is 10.6. The highest BCUT2D eigenvalue weighted by Crippen LogP contribution is 2.52. The fourth-order valence-corrected chi connectivity index (χ4v) is 9.52. The van der Waals surface area contributed by atoms with Crippen molar-refractivity contribution in [1.82, 2.24) is 4.57 Å². The van der Waals surface area contributed by atoms with Crippen molar-refractivity contribution in [3.63, 3.8) is 0 Å². The number of benzene rings is 5. The monoisotopic (exact) mass is 784 g/mol. The average Bonchev–Trinajstić information content (AvgIpc) is 3.97. The minimum atomic E-state index is 0.0386. The molecule has 2 nitrogen and oxygen atoms in total. The number of thiol groups is 1. The van der Waals surface area contributed by atoms with Gasteiger partial charge in [-0.2, -0.15) is 0 Å². The highest BCUT2D eigenvalue weighted by molar-refractivity contribution is 7.84. The van der Waals surface area contributed by atoms with Crippen LogP contribution in [0.25, 0.3) is 39.4 Å². The second kappa shape index (κ2) is 16.3. The van der Waals surface area contributed by atoms with E-state index in [1.807, 2.05) is 0 Å². The molecule has 0 fully saturated rings. The molecule has 292 valence electrons. The molecule has 1 N–H and O–H groups in total. The largest absolute Gasteiger partial charge is 0.355 e. The minimum Gasteiger partial charge on any atom is -0.355 e. The van der Waals surface area contributed by atoms with Gasteiger partial charge in [-0.3, -0.25) is 0 Å². The van der Waals surface area contributed by atoms with E-state index in [0.717, 1.165) is 47.5 Å². The topological polar surface area (TPSA) is 17.0 Å². The molecule has 1 heterocycles. The lowest BCUT2D eigenvalue weighted by Gasteiger charge is -2.26. The maximum atomic E-state index is 5.37. The van der Waals surface area contributed by atoms with Gasteiger partial charge in [0.2, 0.25) is 0 Å². The summed E-state index contributed by atoms with van der Waals surface area (Å²) in [4.78, 5) is 1.06. The summed E-state index contributed by atoms with van der Waals surface area (Å²) in [5.74, 6) is 0.308. The normalized spacial score (nSPS) is 17.2. The third-order valence-electron chi connectivity index (χ3n) is 12.2. The van der Waals surface area contributed by atoms with E-state index in [9.17, 15) is 0 Å². The molecule has 1 atom stereocenters. The van der Waals surface area contributed by atoms with Crippen LogP contribution in [0, 0.1) is 0 Å². The van der Waals surface area contributed by atoms with Crippen molar-refractivity contribution < 1.29 is 0 Å². The Bertz CT molecular complexity index is 2780. The van der Waals surface area contributed by atoms with E-state index in [1.54, 1.807) is 0 Å². The first kappa shape index (κ1) is 38.5. The van der Waals surface area contributed by atoms with Gasteiger partial charge in [-0.1, -0.05) is 166 Å². The lowest BCUT2D eigenvalue weighted by Crippen LogP contribution is -2.18. The van der Waals surface area contributed by atoms with Crippen LogP contribution in [0.2, 0.25) is 0 Å². The standard InChI is InChI=1S/C56H52N2S/c1-5-6-19-42-24-16-28-46(54(42)57-44-25-11-8-12-26-44)45-27-17-30-51-53(45)47-32-31-43-37-49(43)55(47)58(51)38(2)35-48(40-20-9-7-10-21-40)52(59)36-39-18-15-23-41-22-13-14-29-50(41)56(3,4)34-33-39/h5-18,20-22,24-33,35,37,49,57,59H,19,23,34,36H2,1-4H3/b6-5-,18-15?,38-35+,39-33?,52-48-/t49-/m1/s1. The summed E-state index contributed by atoms with van der Waals surface area (Å²) in [6, 6.07) is 43.8. The van der Waals surface area contributed by atoms with Gasteiger partial charge in [0.05, 0.1) is 5.52 Å². The summed E-state index contributed by atoms with van der Waals surface area (Å²) >= 11 is 5.37. The molecule has 3 heteroatoms. The van der Waals surface area contributed by atoms with Crippen molar-refractivity contribution >= 4 is 52.3 Å². The maximum Gasteiger partial charge on any atom is 0.0541 e. The van der Waals surface area contributed by atoms with Crippen LogP contribution in [0.15, 0.2) is 186 Å². The highest BCUT2D eigenvalue weighted by Gasteiger charge is 2.35. The van der Waals surface area contributed by atoms with Crippen molar-refractivity contribution in [2.24, 2.45) is 0 Å². The van der Waals surface area contributed by atoms with Gasteiger partial charge >= 0.3 is 0 Å². The Morgan fingerprint density at radius 3 is 2.39 bits per heavy atom. The zero-order valence-corrected chi connectivity index (χ0v) is 35.4. The van der Waals surface area contributed by atoms with Crippen LogP contribution < -0.4 is 5.32 Å². The number of hydrogen-bond donors (Lipinski definition) is 2. The predicted molar refractivity (Wildman–Crippen MR) is 257 cm³/mol. The van der Waals surface area contributed by atoms with Gasteiger partial charge in [-0.05, 0) is 112 Å². The van der Waals surface area contributed by atoms with E-state index >= 15 is 0 Å². The molecule has 0 bridgehead atoms. The number of rotatable bonds is 10. The Morgan fingerprint density at radius 1 is 0.831 bits per heavy atom. The number of nitrogens with one attached hydrogen (secondary N) is 1. The highest BCUT2D eigenvalue weighted by atomic mass is 32.1. The molecule has 9 rings (SSSR count). The Balaban J connectivity index is 1.18. The van der Waals surface area contributed by atoms with Crippen LogP contribution in [0.5, 0.6) is 0 Å². The van der Waals surface area contributed by atoms with E-state index in [2.05, 4.69) is 214 Å². The van der Waals surface area contributed by atoms with Crippen LogP contribution in [-0.4, -0.2) is 4.57 Å². The van der Waals surface area contributed by atoms with Gasteiger partial charge in [0.15, 0.2) is 0 Å². The van der Waals surface area contributed by atoms with Gasteiger partial charge in [-0.25, -0.2) is 0 Å². The summed E-state index contributed by atoms with van der Waals surface area (Å²) in [7, 11) is 0. The molecule has 59 heavy (non-hydrogen) atoms. The zero-order chi connectivity index (χ0) is 40.5. The van der Waals surface area contributed by atoms with Gasteiger partial charge in [0.1, 0.15) is 0 Å². The predicted octanol–water partition coefficient (Wildman–Crippen LogP) is 15.2. The van der Waals surface area contributed by atoms with Gasteiger partial charge in [0.25, 0.3) is 0 Å². The molecule has 0 saturated carbocycles. The van der Waals surface area contributed by atoms with E-state index < -0.39 is 0 Å². The Morgan fingerprint density at radius 2 is 1.58 bits per heavy atom. The summed E-state index contributed by atoms with van der Waals surface area (Å²) < 4.78 is 2.53. The summed E-state index contributed by atoms with van der Waals surface area (Å²) in [5, 5.41) is 5.13. The van der Waals surface area contributed by atoms with Crippen LogP contribution in [0.4, 0.5) is 11.4 Å². The molecule has 0 unspecified atom stereocenters. The quantitative estimate of drug-likeness (QED) is 0.0804. The van der Waals surface area contributed by atoms with Crippen molar-refractivity contribution in [2.75, 3.05) is 5.32 Å². The molecule has 0 saturated heterocycles. The molecule has 1 aromatic heterocycles. The fraction of sp³-hybridized carbons (Fsp3) is 0.179. The molecule has 6 aromatic rings. The second-order valence-corrected chi connectivity index (χ2v) is 17.3. The molecule has 0 spiro atoms. The second-order valence-electron chi connectivity index (χ2n) is 16.7. The van der Waals surface area contributed by atoms with Crippen molar-refractivity contribution in [3.8, 4) is 11.1 Å². The number of para-hydroxylation sites is 2. The van der Waals surface area contributed by atoms with Crippen LogP contribution >= 0.6 is 12.6 Å². The number of aromatic nitrogens is 1. The number of anilines is 2. The average molecular weight is 785 g/mol. The van der Waals surface area contributed by atoms with Gasteiger partial charge in [0, 0.05) is 51.6 Å². The number of fused-ring (bicyclic) bond motifs is 6. The van der Waals surface area contributed by atoms with E-state index in [4.69, 9.17) is 12.6 Å².